The van der Waals surface area contributed by atoms with Crippen LogP contribution < -0.4 is 0 Å². The molecule has 2 aromatic carbocycles. The van der Waals surface area contributed by atoms with E-state index in [9.17, 15) is 4.79 Å². The molecule has 1 aliphatic heterocycles. The zero-order chi connectivity index (χ0) is 22.1. The maximum Gasteiger partial charge on any atom is 0.253 e. The average molecular weight is 424 g/mol. The predicted octanol–water partition coefficient (Wildman–Crippen LogP) is 4.72. The quantitative estimate of drug-likeness (QED) is 0.477. The van der Waals surface area contributed by atoms with E-state index in [1.54, 1.807) is 12.4 Å². The number of aromatic nitrogens is 4. The van der Waals surface area contributed by atoms with Crippen LogP contribution in [0.1, 0.15) is 46.1 Å². The molecule has 1 aliphatic rings. The summed E-state index contributed by atoms with van der Waals surface area (Å²) in [5, 5.41) is 0. The summed E-state index contributed by atoms with van der Waals surface area (Å²) in [7, 11) is 0. The largest absolute Gasteiger partial charge is 0.339 e. The molecule has 1 amide bonds. The maximum absolute atomic E-state index is 13.0. The maximum atomic E-state index is 13.0. The van der Waals surface area contributed by atoms with Crippen molar-refractivity contribution in [2.45, 2.75) is 32.6 Å². The van der Waals surface area contributed by atoms with E-state index in [1.165, 1.54) is 16.7 Å². The first kappa shape index (κ1) is 20.2. The van der Waals surface area contributed by atoms with E-state index in [0.29, 0.717) is 18.7 Å². The third-order valence-corrected chi connectivity index (χ3v) is 6.45. The summed E-state index contributed by atoms with van der Waals surface area (Å²) >= 11 is 0. The van der Waals surface area contributed by atoms with Gasteiger partial charge in [0.05, 0.1) is 11.0 Å². The van der Waals surface area contributed by atoms with E-state index in [1.807, 2.05) is 35.5 Å². The fourth-order valence-electron chi connectivity index (χ4n) is 4.37. The fourth-order valence-corrected chi connectivity index (χ4v) is 4.37. The van der Waals surface area contributed by atoms with Gasteiger partial charge in [-0.05, 0) is 61.6 Å². The van der Waals surface area contributed by atoms with Gasteiger partial charge in [-0.3, -0.25) is 14.8 Å². The Morgan fingerprint density at radius 2 is 1.62 bits per heavy atom. The van der Waals surface area contributed by atoms with Gasteiger partial charge >= 0.3 is 0 Å². The Labute approximate surface area is 187 Å². The molecule has 6 nitrogen and oxygen atoms in total. The van der Waals surface area contributed by atoms with Crippen LogP contribution in [0, 0.1) is 13.8 Å². The van der Waals surface area contributed by atoms with Crippen LogP contribution in [0.25, 0.3) is 22.2 Å². The summed E-state index contributed by atoms with van der Waals surface area (Å²) < 4.78 is 0. The highest BCUT2D eigenvalue weighted by molar-refractivity contribution is 5.97. The summed E-state index contributed by atoms with van der Waals surface area (Å²) in [5.41, 5.74) is 6.94. The monoisotopic (exact) mass is 423 g/mol. The minimum atomic E-state index is 0.0437. The second-order valence-electron chi connectivity index (χ2n) is 8.40. The number of hydrogen-bond donors (Lipinski definition) is 0. The first-order chi connectivity index (χ1) is 15.6. The molecule has 4 aromatic rings. The molecule has 32 heavy (non-hydrogen) atoms. The molecule has 0 aliphatic carbocycles. The second kappa shape index (κ2) is 8.46. The summed E-state index contributed by atoms with van der Waals surface area (Å²) in [6.45, 7) is 5.65. The number of carbonyl (C=O) groups is 1. The zero-order valence-electron chi connectivity index (χ0n) is 18.3. The first-order valence-electron chi connectivity index (χ1n) is 11.0. The van der Waals surface area contributed by atoms with Crippen LogP contribution in [0.15, 0.2) is 61.2 Å². The van der Waals surface area contributed by atoms with Crippen molar-refractivity contribution in [2.75, 3.05) is 13.1 Å². The van der Waals surface area contributed by atoms with Gasteiger partial charge in [0, 0.05) is 54.9 Å². The standard InChI is InChI=1S/C26H25N5O/c1-17-4-3-5-22(18(17)2)21-15-29-25(30-16-21)19-8-12-31(13-9-19)26(32)20-6-7-23-24(14-20)28-11-10-27-23/h3-7,10-11,14-16,19H,8-9,12-13H2,1-2H3. The highest BCUT2D eigenvalue weighted by Gasteiger charge is 2.26. The van der Waals surface area contributed by atoms with Crippen molar-refractivity contribution in [2.24, 2.45) is 0 Å². The Kier molecular flexibility index (Phi) is 5.35. The Morgan fingerprint density at radius 1 is 0.906 bits per heavy atom. The van der Waals surface area contributed by atoms with Crippen LogP contribution >= 0.6 is 0 Å². The van der Waals surface area contributed by atoms with Crippen LogP contribution in [-0.2, 0) is 0 Å². The van der Waals surface area contributed by atoms with Crippen molar-refractivity contribution in [3.8, 4) is 11.1 Å². The molecule has 0 N–H and O–H groups in total. The minimum Gasteiger partial charge on any atom is -0.339 e. The summed E-state index contributed by atoms with van der Waals surface area (Å²) in [4.78, 5) is 32.9. The van der Waals surface area contributed by atoms with Crippen LogP contribution in [-0.4, -0.2) is 43.8 Å². The summed E-state index contributed by atoms with van der Waals surface area (Å²) in [6.07, 6.45) is 8.89. The molecule has 1 fully saturated rings. The molecule has 1 saturated heterocycles. The number of hydrogen-bond acceptors (Lipinski definition) is 5. The molecule has 0 saturated carbocycles. The fraction of sp³-hybridized carbons (Fsp3) is 0.269. The van der Waals surface area contributed by atoms with E-state index in [-0.39, 0.29) is 11.8 Å². The van der Waals surface area contributed by atoms with Gasteiger partial charge in [0.1, 0.15) is 5.82 Å². The molecule has 0 bridgehead atoms. The van der Waals surface area contributed by atoms with Gasteiger partial charge in [-0.1, -0.05) is 18.2 Å². The molecule has 160 valence electrons. The molecular formula is C26H25N5O. The van der Waals surface area contributed by atoms with Crippen molar-refractivity contribution in [1.29, 1.82) is 0 Å². The van der Waals surface area contributed by atoms with Crippen molar-refractivity contribution >= 4 is 16.9 Å². The van der Waals surface area contributed by atoms with Crippen molar-refractivity contribution < 1.29 is 4.79 Å². The Balaban J connectivity index is 1.26. The number of aryl methyl sites for hydroxylation is 1. The average Bonchev–Trinajstić information content (AvgIpc) is 2.85. The molecule has 3 heterocycles. The summed E-state index contributed by atoms with van der Waals surface area (Å²) in [5.74, 6) is 1.18. The first-order valence-corrected chi connectivity index (χ1v) is 11.0. The number of carbonyl (C=O) groups excluding carboxylic acids is 1. The van der Waals surface area contributed by atoms with E-state index < -0.39 is 0 Å². The zero-order valence-corrected chi connectivity index (χ0v) is 18.3. The van der Waals surface area contributed by atoms with Gasteiger partial charge in [-0.2, -0.15) is 0 Å². The number of benzene rings is 2. The van der Waals surface area contributed by atoms with Gasteiger partial charge in [-0.25, -0.2) is 9.97 Å². The van der Waals surface area contributed by atoms with Crippen LogP contribution in [0.4, 0.5) is 0 Å². The highest BCUT2D eigenvalue weighted by Crippen LogP contribution is 2.29. The number of fused-ring (bicyclic) bond motifs is 1. The van der Waals surface area contributed by atoms with E-state index in [4.69, 9.17) is 0 Å². The molecular weight excluding hydrogens is 398 g/mol. The molecule has 6 heteroatoms. The molecule has 5 rings (SSSR count). The summed E-state index contributed by atoms with van der Waals surface area (Å²) in [6, 6.07) is 11.8. The van der Waals surface area contributed by atoms with Crippen molar-refractivity contribution in [1.82, 2.24) is 24.8 Å². The van der Waals surface area contributed by atoms with Crippen LogP contribution in [0.5, 0.6) is 0 Å². The Bertz CT molecular complexity index is 1280. The van der Waals surface area contributed by atoms with Gasteiger partial charge in [0.15, 0.2) is 0 Å². The Hall–Kier alpha value is -3.67. The molecule has 0 atom stereocenters. The lowest BCUT2D eigenvalue weighted by Crippen LogP contribution is -2.38. The van der Waals surface area contributed by atoms with Crippen LogP contribution in [0.2, 0.25) is 0 Å². The lowest BCUT2D eigenvalue weighted by atomic mass is 9.95. The molecule has 0 radical (unpaired) electrons. The normalized spacial score (nSPS) is 14.6. The van der Waals surface area contributed by atoms with Gasteiger partial charge in [0.2, 0.25) is 0 Å². The van der Waals surface area contributed by atoms with E-state index >= 15 is 0 Å². The topological polar surface area (TPSA) is 71.9 Å². The smallest absolute Gasteiger partial charge is 0.253 e. The van der Waals surface area contributed by atoms with Crippen LogP contribution in [0.3, 0.4) is 0 Å². The van der Waals surface area contributed by atoms with Gasteiger partial charge in [0.25, 0.3) is 5.91 Å². The van der Waals surface area contributed by atoms with E-state index in [0.717, 1.165) is 35.3 Å². The lowest BCUT2D eigenvalue weighted by Gasteiger charge is -2.31. The highest BCUT2D eigenvalue weighted by atomic mass is 16.2. The van der Waals surface area contributed by atoms with Crippen molar-refractivity contribution in [3.05, 3.63) is 83.7 Å². The van der Waals surface area contributed by atoms with E-state index in [2.05, 4.69) is 52.0 Å². The molecule has 0 unspecified atom stereocenters. The number of amides is 1. The molecule has 2 aromatic heterocycles. The number of piperidine rings is 1. The number of likely N-dealkylation sites (tertiary alicyclic amines) is 1. The second-order valence-corrected chi connectivity index (χ2v) is 8.40. The number of rotatable bonds is 3. The van der Waals surface area contributed by atoms with Gasteiger partial charge in [-0.15, -0.1) is 0 Å². The third kappa shape index (κ3) is 3.84. The SMILES string of the molecule is Cc1cccc(-c2cnc(C3CCN(C(=O)c4ccc5nccnc5c4)CC3)nc2)c1C. The number of nitrogens with zero attached hydrogens (tertiary/aromatic N) is 5. The third-order valence-electron chi connectivity index (χ3n) is 6.45. The Morgan fingerprint density at radius 3 is 2.38 bits per heavy atom. The predicted molar refractivity (Wildman–Crippen MR) is 124 cm³/mol. The molecule has 0 spiro atoms. The minimum absolute atomic E-state index is 0.0437. The van der Waals surface area contributed by atoms with Crippen molar-refractivity contribution in [3.63, 3.8) is 0 Å². The lowest BCUT2D eigenvalue weighted by molar-refractivity contribution is 0.0711. The van der Waals surface area contributed by atoms with Gasteiger partial charge < -0.3 is 4.90 Å².